The molecule has 1 heterocycles. The van der Waals surface area contributed by atoms with Crippen LogP contribution in [0.5, 0.6) is 0 Å². The molecule has 1 amide bonds. The first kappa shape index (κ1) is 20.7. The summed E-state index contributed by atoms with van der Waals surface area (Å²) in [5, 5.41) is 9.44. The van der Waals surface area contributed by atoms with E-state index in [1.54, 1.807) is 11.5 Å². The van der Waals surface area contributed by atoms with Gasteiger partial charge in [-0.1, -0.05) is 78.9 Å². The molecule has 4 aromatic rings. The molecule has 0 radical (unpaired) electrons. The summed E-state index contributed by atoms with van der Waals surface area (Å²) in [6.45, 7) is 1.99. The van der Waals surface area contributed by atoms with E-state index in [0.29, 0.717) is 4.88 Å². The normalized spacial score (nSPS) is 10.4. The molecule has 1 aromatic heterocycles. The largest absolute Gasteiger partial charge is 0.298 e. The third kappa shape index (κ3) is 6.26. The third-order valence-corrected chi connectivity index (χ3v) is 5.46. The van der Waals surface area contributed by atoms with E-state index in [0.717, 1.165) is 23.2 Å². The smallest absolute Gasteiger partial charge is 0.284 e. The standard InChI is InChI=1S/C15H17N.C9H7NO2S/c1-16(12-14-8-4-2-5-9-14)13-15-10-6-3-7-11-15;11-9(10-12)8-5-6-3-1-2-4-7(6)13-8/h2-11H,12-13H2,1H3;1-5,12H,(H,10,11). The SMILES string of the molecule is CN(Cc1ccccc1)Cc1ccccc1.O=C(NO)c1cc2ccccc2s1. The van der Waals surface area contributed by atoms with Crippen LogP contribution in [0.15, 0.2) is 91.0 Å². The van der Waals surface area contributed by atoms with Crippen molar-refractivity contribution in [3.63, 3.8) is 0 Å². The molecule has 0 saturated heterocycles. The van der Waals surface area contributed by atoms with Crippen molar-refractivity contribution in [1.82, 2.24) is 10.4 Å². The Balaban J connectivity index is 0.000000169. The van der Waals surface area contributed by atoms with E-state index in [1.165, 1.54) is 22.5 Å². The van der Waals surface area contributed by atoms with Crippen molar-refractivity contribution >= 4 is 27.3 Å². The van der Waals surface area contributed by atoms with Gasteiger partial charge in [-0.3, -0.25) is 14.9 Å². The Morgan fingerprint density at radius 3 is 1.90 bits per heavy atom. The van der Waals surface area contributed by atoms with Crippen molar-refractivity contribution < 1.29 is 10.0 Å². The van der Waals surface area contributed by atoms with Crippen LogP contribution in [0.3, 0.4) is 0 Å². The summed E-state index contributed by atoms with van der Waals surface area (Å²) in [4.78, 5) is 13.9. The van der Waals surface area contributed by atoms with Crippen LogP contribution in [-0.4, -0.2) is 23.1 Å². The van der Waals surface area contributed by atoms with Gasteiger partial charge in [-0.2, -0.15) is 0 Å². The zero-order valence-corrected chi connectivity index (χ0v) is 17.1. The van der Waals surface area contributed by atoms with E-state index in [2.05, 4.69) is 72.6 Å². The van der Waals surface area contributed by atoms with Crippen LogP contribution in [0.25, 0.3) is 10.1 Å². The molecule has 0 unspecified atom stereocenters. The third-order valence-electron chi connectivity index (χ3n) is 4.34. The van der Waals surface area contributed by atoms with Gasteiger partial charge in [0.1, 0.15) is 0 Å². The molecule has 0 fully saturated rings. The van der Waals surface area contributed by atoms with Crippen molar-refractivity contribution in [2.75, 3.05) is 7.05 Å². The maximum atomic E-state index is 11.0. The second-order valence-electron chi connectivity index (χ2n) is 6.73. The second-order valence-corrected chi connectivity index (χ2v) is 7.82. The minimum atomic E-state index is -0.457. The van der Waals surface area contributed by atoms with E-state index < -0.39 is 5.91 Å². The predicted octanol–water partition coefficient (Wildman–Crippen LogP) is 5.34. The van der Waals surface area contributed by atoms with Gasteiger partial charge in [0.05, 0.1) is 4.88 Å². The Morgan fingerprint density at radius 1 is 0.862 bits per heavy atom. The lowest BCUT2D eigenvalue weighted by atomic mass is 10.2. The summed E-state index contributed by atoms with van der Waals surface area (Å²) < 4.78 is 1.04. The molecular weight excluding hydrogens is 380 g/mol. The van der Waals surface area contributed by atoms with E-state index in [-0.39, 0.29) is 0 Å². The Labute approximate surface area is 175 Å². The van der Waals surface area contributed by atoms with Crippen molar-refractivity contribution in [3.05, 3.63) is 107 Å². The fourth-order valence-corrected chi connectivity index (χ4v) is 3.95. The van der Waals surface area contributed by atoms with Gasteiger partial charge >= 0.3 is 0 Å². The van der Waals surface area contributed by atoms with Crippen molar-refractivity contribution in [1.29, 1.82) is 0 Å². The Morgan fingerprint density at radius 2 is 1.38 bits per heavy atom. The number of rotatable bonds is 5. The van der Waals surface area contributed by atoms with E-state index in [1.807, 2.05) is 24.3 Å². The number of nitrogens with zero attached hydrogens (tertiary/aromatic N) is 1. The minimum absolute atomic E-state index is 0.457. The van der Waals surface area contributed by atoms with Crippen molar-refractivity contribution in [2.24, 2.45) is 0 Å². The van der Waals surface area contributed by atoms with Gasteiger partial charge in [-0.15, -0.1) is 11.3 Å². The first-order chi connectivity index (χ1) is 14.2. The topological polar surface area (TPSA) is 52.6 Å². The molecule has 29 heavy (non-hydrogen) atoms. The van der Waals surface area contributed by atoms with Gasteiger partial charge in [0.25, 0.3) is 5.91 Å². The monoisotopic (exact) mass is 404 g/mol. The highest BCUT2D eigenvalue weighted by atomic mass is 32.1. The predicted molar refractivity (Wildman–Crippen MR) is 119 cm³/mol. The molecule has 0 aliphatic carbocycles. The number of thiophene rings is 1. The molecule has 0 bridgehead atoms. The number of hydrogen-bond acceptors (Lipinski definition) is 4. The molecule has 2 N–H and O–H groups in total. The first-order valence-corrected chi connectivity index (χ1v) is 10.2. The molecular formula is C24H24N2O2S. The fraction of sp³-hybridized carbons (Fsp3) is 0.125. The van der Waals surface area contributed by atoms with Gasteiger partial charge in [0.15, 0.2) is 0 Å². The Hall–Kier alpha value is -2.99. The maximum absolute atomic E-state index is 11.0. The summed E-state index contributed by atoms with van der Waals surface area (Å²) in [5.74, 6) is -0.457. The van der Waals surface area contributed by atoms with Gasteiger partial charge in [-0.25, -0.2) is 5.48 Å². The van der Waals surface area contributed by atoms with Crippen LogP contribution in [0.1, 0.15) is 20.8 Å². The second kappa shape index (κ2) is 10.5. The van der Waals surface area contributed by atoms with Crippen molar-refractivity contribution in [2.45, 2.75) is 13.1 Å². The molecule has 0 spiro atoms. The van der Waals surface area contributed by atoms with Gasteiger partial charge in [0.2, 0.25) is 0 Å². The number of carbonyl (C=O) groups is 1. The lowest BCUT2D eigenvalue weighted by Crippen LogP contribution is -2.16. The van der Waals surface area contributed by atoms with E-state index >= 15 is 0 Å². The van der Waals surface area contributed by atoms with Gasteiger partial charge < -0.3 is 0 Å². The summed E-state index contributed by atoms with van der Waals surface area (Å²) in [7, 11) is 2.15. The number of amides is 1. The quantitative estimate of drug-likeness (QED) is 0.349. The summed E-state index contributed by atoms with van der Waals surface area (Å²) >= 11 is 1.36. The van der Waals surface area contributed by atoms with Crippen LogP contribution in [0, 0.1) is 0 Å². The van der Waals surface area contributed by atoms with E-state index in [4.69, 9.17) is 5.21 Å². The van der Waals surface area contributed by atoms with Crippen LogP contribution in [0.4, 0.5) is 0 Å². The molecule has 4 nitrogen and oxygen atoms in total. The molecule has 0 saturated carbocycles. The number of carbonyl (C=O) groups excluding carboxylic acids is 1. The average molecular weight is 405 g/mol. The summed E-state index contributed by atoms with van der Waals surface area (Å²) in [6, 6.07) is 30.6. The first-order valence-electron chi connectivity index (χ1n) is 9.35. The molecule has 0 aliphatic rings. The lowest BCUT2D eigenvalue weighted by Gasteiger charge is -2.16. The molecule has 0 atom stereocenters. The van der Waals surface area contributed by atoms with Crippen molar-refractivity contribution in [3.8, 4) is 0 Å². The summed E-state index contributed by atoms with van der Waals surface area (Å²) in [6.07, 6.45) is 0. The molecule has 3 aromatic carbocycles. The Bertz CT molecular complexity index is 958. The van der Waals surface area contributed by atoms with Crippen LogP contribution in [-0.2, 0) is 13.1 Å². The zero-order valence-electron chi connectivity index (χ0n) is 16.3. The van der Waals surface area contributed by atoms with Crippen LogP contribution < -0.4 is 5.48 Å². The highest BCUT2D eigenvalue weighted by Crippen LogP contribution is 2.24. The fourth-order valence-electron chi connectivity index (χ4n) is 2.99. The highest BCUT2D eigenvalue weighted by Gasteiger charge is 2.07. The number of benzene rings is 3. The molecule has 0 aliphatic heterocycles. The van der Waals surface area contributed by atoms with Gasteiger partial charge in [-0.05, 0) is 35.7 Å². The number of nitrogens with one attached hydrogen (secondary N) is 1. The average Bonchev–Trinajstić information content (AvgIpc) is 3.19. The maximum Gasteiger partial charge on any atom is 0.284 e. The lowest BCUT2D eigenvalue weighted by molar-refractivity contribution is 0.0711. The molecule has 5 heteroatoms. The highest BCUT2D eigenvalue weighted by molar-refractivity contribution is 7.20. The van der Waals surface area contributed by atoms with Gasteiger partial charge in [0, 0.05) is 17.8 Å². The number of hydrogen-bond donors (Lipinski definition) is 2. The summed E-state index contributed by atoms with van der Waals surface area (Å²) in [5.41, 5.74) is 4.34. The zero-order chi connectivity index (χ0) is 20.5. The van der Waals surface area contributed by atoms with Crippen LogP contribution >= 0.6 is 11.3 Å². The number of hydroxylamine groups is 1. The van der Waals surface area contributed by atoms with Crippen LogP contribution in [0.2, 0.25) is 0 Å². The van der Waals surface area contributed by atoms with E-state index in [9.17, 15) is 4.79 Å². The minimum Gasteiger partial charge on any atom is -0.298 e. The Kier molecular flexibility index (Phi) is 7.53. The number of fused-ring (bicyclic) bond motifs is 1. The molecule has 4 rings (SSSR count). The molecule has 148 valence electrons.